The topological polar surface area (TPSA) is 48.0 Å². The van der Waals surface area contributed by atoms with E-state index in [1.807, 2.05) is 42.2 Å². The van der Waals surface area contributed by atoms with E-state index in [-0.39, 0.29) is 18.1 Å². The Hall–Kier alpha value is -2.53. The Labute approximate surface area is 148 Å². The van der Waals surface area contributed by atoms with E-state index in [9.17, 15) is 4.79 Å². The number of carbonyl (C=O) groups is 1. The van der Waals surface area contributed by atoms with E-state index < -0.39 is 0 Å². The van der Waals surface area contributed by atoms with Gasteiger partial charge in [-0.05, 0) is 24.6 Å². The van der Waals surface area contributed by atoms with Gasteiger partial charge in [0.15, 0.2) is 11.5 Å². The van der Waals surface area contributed by atoms with Crippen LogP contribution in [0, 0.1) is 0 Å². The lowest BCUT2D eigenvalue weighted by molar-refractivity contribution is -0.0692. The Morgan fingerprint density at radius 2 is 1.80 bits per heavy atom. The number of para-hydroxylation sites is 1. The molecule has 0 aromatic heterocycles. The molecule has 3 rings (SSSR count). The fourth-order valence-electron chi connectivity index (χ4n) is 3.19. The summed E-state index contributed by atoms with van der Waals surface area (Å²) in [5, 5.41) is 0. The Balaban J connectivity index is 1.87. The first-order valence-corrected chi connectivity index (χ1v) is 8.34. The van der Waals surface area contributed by atoms with Crippen LogP contribution in [-0.4, -0.2) is 44.2 Å². The molecule has 0 spiro atoms. The molecule has 5 nitrogen and oxygen atoms in total. The van der Waals surface area contributed by atoms with Crippen molar-refractivity contribution in [3.05, 3.63) is 59.7 Å². The lowest BCUT2D eigenvalue weighted by atomic mass is 10.1. The molecule has 2 aromatic carbocycles. The highest BCUT2D eigenvalue weighted by Gasteiger charge is 2.31. The zero-order valence-corrected chi connectivity index (χ0v) is 14.8. The van der Waals surface area contributed by atoms with Crippen molar-refractivity contribution in [1.29, 1.82) is 0 Å². The molecule has 0 bridgehead atoms. The number of ether oxygens (including phenoxy) is 3. The van der Waals surface area contributed by atoms with E-state index in [4.69, 9.17) is 14.2 Å². The van der Waals surface area contributed by atoms with Crippen molar-refractivity contribution in [2.45, 2.75) is 19.1 Å². The minimum Gasteiger partial charge on any atom is -0.493 e. The van der Waals surface area contributed by atoms with Crippen molar-refractivity contribution < 1.29 is 19.0 Å². The van der Waals surface area contributed by atoms with Crippen LogP contribution in [0.2, 0.25) is 0 Å². The van der Waals surface area contributed by atoms with E-state index in [0.29, 0.717) is 30.2 Å². The number of nitrogens with zero attached hydrogens (tertiary/aromatic N) is 1. The molecule has 0 aliphatic carbocycles. The minimum absolute atomic E-state index is 0.0421. The maximum absolute atomic E-state index is 13.1. The van der Waals surface area contributed by atoms with E-state index >= 15 is 0 Å². The van der Waals surface area contributed by atoms with Gasteiger partial charge in [-0.2, -0.15) is 0 Å². The second-order valence-corrected chi connectivity index (χ2v) is 6.10. The van der Waals surface area contributed by atoms with Crippen molar-refractivity contribution in [3.63, 3.8) is 0 Å². The fraction of sp³-hybridized carbons (Fsp3) is 0.350. The van der Waals surface area contributed by atoms with Crippen molar-refractivity contribution in [2.24, 2.45) is 0 Å². The van der Waals surface area contributed by atoms with E-state index in [2.05, 4.69) is 0 Å². The third-order valence-corrected chi connectivity index (χ3v) is 4.35. The summed E-state index contributed by atoms with van der Waals surface area (Å²) >= 11 is 0. The summed E-state index contributed by atoms with van der Waals surface area (Å²) in [5.41, 5.74) is 1.58. The van der Waals surface area contributed by atoms with Crippen molar-refractivity contribution in [1.82, 2.24) is 4.90 Å². The number of hydrogen-bond acceptors (Lipinski definition) is 4. The Morgan fingerprint density at radius 1 is 1.04 bits per heavy atom. The molecule has 0 N–H and O–H groups in total. The average molecular weight is 341 g/mol. The summed E-state index contributed by atoms with van der Waals surface area (Å²) < 4.78 is 16.8. The summed E-state index contributed by atoms with van der Waals surface area (Å²) in [7, 11) is 3.11. The molecule has 1 amide bonds. The number of methoxy groups -OCH3 is 2. The Morgan fingerprint density at radius 3 is 2.48 bits per heavy atom. The number of morpholine rings is 1. The fourth-order valence-corrected chi connectivity index (χ4v) is 3.19. The van der Waals surface area contributed by atoms with Crippen LogP contribution in [0.1, 0.15) is 28.9 Å². The van der Waals surface area contributed by atoms with Gasteiger partial charge in [-0.15, -0.1) is 0 Å². The van der Waals surface area contributed by atoms with Crippen LogP contribution in [0.3, 0.4) is 0 Å². The maximum Gasteiger partial charge on any atom is 0.257 e. The molecule has 1 saturated heterocycles. The van der Waals surface area contributed by atoms with Crippen LogP contribution in [0.5, 0.6) is 11.5 Å². The van der Waals surface area contributed by atoms with Crippen LogP contribution in [-0.2, 0) is 4.74 Å². The van der Waals surface area contributed by atoms with E-state index in [1.54, 1.807) is 32.4 Å². The normalized spacial score (nSPS) is 20.2. The molecular formula is C20H23NO4. The number of amides is 1. The lowest BCUT2D eigenvalue weighted by Crippen LogP contribution is -2.46. The smallest absolute Gasteiger partial charge is 0.257 e. The van der Waals surface area contributed by atoms with Crippen LogP contribution in [0.15, 0.2) is 48.5 Å². The second kappa shape index (κ2) is 7.57. The van der Waals surface area contributed by atoms with Gasteiger partial charge in [0.05, 0.1) is 32.4 Å². The number of benzene rings is 2. The van der Waals surface area contributed by atoms with Gasteiger partial charge in [0, 0.05) is 6.54 Å². The molecule has 25 heavy (non-hydrogen) atoms. The largest absolute Gasteiger partial charge is 0.493 e. The van der Waals surface area contributed by atoms with Gasteiger partial charge in [0.2, 0.25) is 0 Å². The van der Waals surface area contributed by atoms with Gasteiger partial charge >= 0.3 is 0 Å². The molecule has 132 valence electrons. The molecule has 1 aliphatic rings. The number of rotatable bonds is 4. The maximum atomic E-state index is 13.1. The van der Waals surface area contributed by atoms with Crippen LogP contribution in [0.25, 0.3) is 0 Å². The van der Waals surface area contributed by atoms with Crippen LogP contribution in [0.4, 0.5) is 0 Å². The van der Waals surface area contributed by atoms with Gasteiger partial charge in [-0.1, -0.05) is 36.4 Å². The first-order valence-electron chi connectivity index (χ1n) is 8.34. The highest BCUT2D eigenvalue weighted by molar-refractivity contribution is 5.98. The summed E-state index contributed by atoms with van der Waals surface area (Å²) in [5.74, 6) is 0.937. The molecule has 0 saturated carbocycles. The van der Waals surface area contributed by atoms with Crippen molar-refractivity contribution >= 4 is 5.91 Å². The van der Waals surface area contributed by atoms with Gasteiger partial charge in [0.1, 0.15) is 6.10 Å². The number of hydrogen-bond donors (Lipinski definition) is 0. The Bertz CT molecular complexity index is 732. The molecule has 1 aliphatic heterocycles. The summed E-state index contributed by atoms with van der Waals surface area (Å²) in [6, 6.07) is 15.3. The zero-order valence-electron chi connectivity index (χ0n) is 14.8. The summed E-state index contributed by atoms with van der Waals surface area (Å²) in [4.78, 5) is 14.9. The Kier molecular flexibility index (Phi) is 5.24. The van der Waals surface area contributed by atoms with E-state index in [0.717, 1.165) is 5.56 Å². The highest BCUT2D eigenvalue weighted by Crippen LogP contribution is 2.33. The summed E-state index contributed by atoms with van der Waals surface area (Å²) in [6.45, 7) is 3.04. The molecule has 0 unspecified atom stereocenters. The van der Waals surface area contributed by atoms with E-state index in [1.165, 1.54) is 0 Å². The van der Waals surface area contributed by atoms with Gasteiger partial charge in [-0.25, -0.2) is 0 Å². The molecule has 2 atom stereocenters. The monoisotopic (exact) mass is 341 g/mol. The molecule has 5 heteroatoms. The molecular weight excluding hydrogens is 318 g/mol. The molecule has 2 aromatic rings. The SMILES string of the molecule is COc1cccc(C(=O)N2C[C@@H](C)O[C@@H](c3ccccc3)C2)c1OC. The minimum atomic E-state index is -0.134. The predicted octanol–water partition coefficient (Wildman–Crippen LogP) is 3.31. The summed E-state index contributed by atoms with van der Waals surface area (Å²) in [6.07, 6.45) is -0.176. The van der Waals surface area contributed by atoms with Crippen LogP contribution >= 0.6 is 0 Å². The second-order valence-electron chi connectivity index (χ2n) is 6.10. The molecule has 1 heterocycles. The van der Waals surface area contributed by atoms with Gasteiger partial charge in [-0.3, -0.25) is 4.79 Å². The van der Waals surface area contributed by atoms with Gasteiger partial charge in [0.25, 0.3) is 5.91 Å². The third kappa shape index (κ3) is 3.61. The lowest BCUT2D eigenvalue weighted by Gasteiger charge is -2.37. The zero-order chi connectivity index (χ0) is 17.8. The quantitative estimate of drug-likeness (QED) is 0.856. The first-order chi connectivity index (χ1) is 12.1. The number of carbonyl (C=O) groups excluding carboxylic acids is 1. The van der Waals surface area contributed by atoms with Crippen LogP contribution < -0.4 is 9.47 Å². The first kappa shape index (κ1) is 17.3. The average Bonchev–Trinajstić information content (AvgIpc) is 2.66. The molecule has 1 fully saturated rings. The van der Waals surface area contributed by atoms with Gasteiger partial charge < -0.3 is 19.1 Å². The highest BCUT2D eigenvalue weighted by atomic mass is 16.5. The van der Waals surface area contributed by atoms with Crippen molar-refractivity contribution in [2.75, 3.05) is 27.3 Å². The van der Waals surface area contributed by atoms with Crippen molar-refractivity contribution in [3.8, 4) is 11.5 Å². The molecule has 0 radical (unpaired) electrons. The predicted molar refractivity (Wildman–Crippen MR) is 95.2 cm³/mol. The standard InChI is InChI=1S/C20H23NO4/c1-14-12-21(13-18(25-14)15-8-5-4-6-9-15)20(22)16-10-7-11-17(23-2)19(16)24-3/h4-11,14,18H,12-13H2,1-3H3/t14-,18-/m1/s1. The third-order valence-electron chi connectivity index (χ3n) is 4.35.